The molecule has 1 unspecified atom stereocenters. The smallest absolute Gasteiger partial charge is 0.203 e. The van der Waals surface area contributed by atoms with E-state index in [1.165, 1.54) is 0 Å². The van der Waals surface area contributed by atoms with Crippen molar-refractivity contribution in [3.05, 3.63) is 47.2 Å². The Labute approximate surface area is 118 Å². The number of benzene rings is 1. The van der Waals surface area contributed by atoms with E-state index in [1.807, 2.05) is 24.4 Å². The first-order valence-corrected chi connectivity index (χ1v) is 6.61. The number of anilines is 1. The Kier molecular flexibility index (Phi) is 4.82. The number of imidazole rings is 1. The van der Waals surface area contributed by atoms with E-state index >= 15 is 0 Å². The van der Waals surface area contributed by atoms with E-state index in [0.29, 0.717) is 6.61 Å². The van der Waals surface area contributed by atoms with Crippen LogP contribution >= 0.6 is 11.6 Å². The third kappa shape index (κ3) is 3.49. The van der Waals surface area contributed by atoms with Crippen LogP contribution < -0.4 is 5.32 Å². The van der Waals surface area contributed by atoms with Gasteiger partial charge in [-0.2, -0.15) is 0 Å². The molecule has 2 rings (SSSR count). The molecule has 2 aromatic rings. The number of aromatic nitrogens is 2. The van der Waals surface area contributed by atoms with Crippen molar-refractivity contribution in [2.45, 2.75) is 13.0 Å². The third-order valence-electron chi connectivity index (χ3n) is 3.01. The third-order valence-corrected chi connectivity index (χ3v) is 3.24. The van der Waals surface area contributed by atoms with Crippen molar-refractivity contribution in [1.29, 1.82) is 0 Å². The van der Waals surface area contributed by atoms with Gasteiger partial charge in [-0.3, -0.25) is 0 Å². The van der Waals surface area contributed by atoms with Gasteiger partial charge in [0.1, 0.15) is 0 Å². The Bertz CT molecular complexity index is 527. The number of nitrogens with zero attached hydrogens (tertiary/aromatic N) is 2. The van der Waals surface area contributed by atoms with E-state index in [1.54, 1.807) is 13.3 Å². The van der Waals surface area contributed by atoms with Crippen LogP contribution in [0.5, 0.6) is 0 Å². The van der Waals surface area contributed by atoms with Gasteiger partial charge in [-0.25, -0.2) is 4.98 Å². The highest BCUT2D eigenvalue weighted by atomic mass is 35.5. The van der Waals surface area contributed by atoms with Gasteiger partial charge in [0.15, 0.2) is 0 Å². The molecule has 0 fully saturated rings. The molecular weight excluding hydrogens is 262 g/mol. The number of halogens is 1. The fourth-order valence-electron chi connectivity index (χ4n) is 1.95. The fourth-order valence-corrected chi connectivity index (χ4v) is 2.15. The second-order valence-corrected chi connectivity index (χ2v) is 4.75. The standard InChI is InChI=1S/C14H18ClN3O/c1-11(12-4-3-5-13(15)10-12)18-8-6-16-14(18)17-7-9-19-2/h3-6,8,10-11H,7,9H2,1-2H3,(H,16,17). The minimum Gasteiger partial charge on any atom is -0.383 e. The first-order valence-electron chi connectivity index (χ1n) is 6.23. The Morgan fingerprint density at radius 1 is 1.47 bits per heavy atom. The van der Waals surface area contributed by atoms with E-state index in [-0.39, 0.29) is 6.04 Å². The molecule has 0 bridgehead atoms. The number of methoxy groups -OCH3 is 1. The summed E-state index contributed by atoms with van der Waals surface area (Å²) in [5.41, 5.74) is 1.15. The molecule has 1 N–H and O–H groups in total. The highest BCUT2D eigenvalue weighted by Gasteiger charge is 2.11. The van der Waals surface area contributed by atoms with Crippen molar-refractivity contribution < 1.29 is 4.74 Å². The molecule has 0 aliphatic heterocycles. The lowest BCUT2D eigenvalue weighted by atomic mass is 10.1. The lowest BCUT2D eigenvalue weighted by molar-refractivity contribution is 0.210. The average Bonchev–Trinajstić information content (AvgIpc) is 2.86. The van der Waals surface area contributed by atoms with Crippen molar-refractivity contribution >= 4 is 17.5 Å². The molecule has 1 heterocycles. The van der Waals surface area contributed by atoms with E-state index in [4.69, 9.17) is 16.3 Å². The lowest BCUT2D eigenvalue weighted by Crippen LogP contribution is -2.15. The van der Waals surface area contributed by atoms with Crippen molar-refractivity contribution in [2.75, 3.05) is 25.6 Å². The summed E-state index contributed by atoms with van der Waals surface area (Å²) in [6, 6.07) is 8.05. The molecule has 1 atom stereocenters. The summed E-state index contributed by atoms with van der Waals surface area (Å²) in [7, 11) is 1.68. The van der Waals surface area contributed by atoms with Gasteiger partial charge in [0, 0.05) is 31.1 Å². The van der Waals surface area contributed by atoms with Crippen LogP contribution in [0.2, 0.25) is 5.02 Å². The molecule has 19 heavy (non-hydrogen) atoms. The maximum Gasteiger partial charge on any atom is 0.203 e. The summed E-state index contributed by atoms with van der Waals surface area (Å²) in [5, 5.41) is 4.00. The lowest BCUT2D eigenvalue weighted by Gasteiger charge is -2.17. The molecule has 0 amide bonds. The number of hydrogen-bond donors (Lipinski definition) is 1. The van der Waals surface area contributed by atoms with Crippen LogP contribution in [-0.4, -0.2) is 29.8 Å². The molecular formula is C14H18ClN3O. The summed E-state index contributed by atoms with van der Waals surface area (Å²) >= 11 is 6.04. The van der Waals surface area contributed by atoms with Crippen molar-refractivity contribution in [2.24, 2.45) is 0 Å². The topological polar surface area (TPSA) is 39.1 Å². The molecule has 0 saturated carbocycles. The second-order valence-electron chi connectivity index (χ2n) is 4.31. The van der Waals surface area contributed by atoms with Crippen LogP contribution in [0, 0.1) is 0 Å². The largest absolute Gasteiger partial charge is 0.383 e. The van der Waals surface area contributed by atoms with Gasteiger partial charge in [-0.1, -0.05) is 23.7 Å². The predicted molar refractivity (Wildman–Crippen MR) is 77.9 cm³/mol. The van der Waals surface area contributed by atoms with Crippen molar-refractivity contribution in [1.82, 2.24) is 9.55 Å². The highest BCUT2D eigenvalue weighted by Crippen LogP contribution is 2.23. The van der Waals surface area contributed by atoms with Gasteiger partial charge in [0.2, 0.25) is 5.95 Å². The van der Waals surface area contributed by atoms with Crippen LogP contribution in [0.4, 0.5) is 5.95 Å². The van der Waals surface area contributed by atoms with Gasteiger partial charge in [0.25, 0.3) is 0 Å². The maximum atomic E-state index is 6.04. The molecule has 5 heteroatoms. The Morgan fingerprint density at radius 2 is 2.32 bits per heavy atom. The number of ether oxygens (including phenoxy) is 1. The Balaban J connectivity index is 2.15. The highest BCUT2D eigenvalue weighted by molar-refractivity contribution is 6.30. The Hall–Kier alpha value is -1.52. The van der Waals surface area contributed by atoms with E-state index < -0.39 is 0 Å². The molecule has 1 aromatic heterocycles. The summed E-state index contributed by atoms with van der Waals surface area (Å²) in [6.45, 7) is 3.50. The van der Waals surface area contributed by atoms with Crippen molar-refractivity contribution in [3.63, 3.8) is 0 Å². The van der Waals surface area contributed by atoms with Gasteiger partial charge in [-0.15, -0.1) is 0 Å². The SMILES string of the molecule is COCCNc1nccn1C(C)c1cccc(Cl)c1. The maximum absolute atomic E-state index is 6.04. The summed E-state index contributed by atoms with van der Waals surface area (Å²) in [5.74, 6) is 0.838. The summed E-state index contributed by atoms with van der Waals surface area (Å²) in [4.78, 5) is 4.32. The molecule has 102 valence electrons. The molecule has 0 aliphatic rings. The molecule has 0 radical (unpaired) electrons. The normalized spacial score (nSPS) is 12.4. The first kappa shape index (κ1) is 13.9. The Morgan fingerprint density at radius 3 is 3.05 bits per heavy atom. The van der Waals surface area contributed by atoms with Crippen LogP contribution in [-0.2, 0) is 4.74 Å². The first-order chi connectivity index (χ1) is 9.22. The van der Waals surface area contributed by atoms with Gasteiger partial charge in [-0.05, 0) is 24.6 Å². The van der Waals surface area contributed by atoms with E-state index in [0.717, 1.165) is 23.1 Å². The van der Waals surface area contributed by atoms with Gasteiger partial charge >= 0.3 is 0 Å². The molecule has 0 aliphatic carbocycles. The van der Waals surface area contributed by atoms with Crippen molar-refractivity contribution in [3.8, 4) is 0 Å². The van der Waals surface area contributed by atoms with Crippen LogP contribution in [0.25, 0.3) is 0 Å². The number of hydrogen-bond acceptors (Lipinski definition) is 3. The van der Waals surface area contributed by atoms with Crippen LogP contribution in [0.15, 0.2) is 36.7 Å². The summed E-state index contributed by atoms with van der Waals surface area (Å²) in [6.07, 6.45) is 3.75. The average molecular weight is 280 g/mol. The second kappa shape index (κ2) is 6.59. The van der Waals surface area contributed by atoms with Gasteiger partial charge in [0.05, 0.1) is 12.6 Å². The van der Waals surface area contributed by atoms with Crippen LogP contribution in [0.3, 0.4) is 0 Å². The summed E-state index contributed by atoms with van der Waals surface area (Å²) < 4.78 is 7.11. The monoisotopic (exact) mass is 279 g/mol. The zero-order valence-corrected chi connectivity index (χ0v) is 11.9. The van der Waals surface area contributed by atoms with Crippen LogP contribution in [0.1, 0.15) is 18.5 Å². The fraction of sp³-hybridized carbons (Fsp3) is 0.357. The minimum absolute atomic E-state index is 0.172. The number of nitrogens with one attached hydrogen (secondary N) is 1. The molecule has 1 aromatic carbocycles. The molecule has 4 nitrogen and oxygen atoms in total. The van der Waals surface area contributed by atoms with E-state index in [2.05, 4.69) is 27.9 Å². The number of rotatable bonds is 6. The minimum atomic E-state index is 0.172. The van der Waals surface area contributed by atoms with E-state index in [9.17, 15) is 0 Å². The van der Waals surface area contributed by atoms with Gasteiger partial charge < -0.3 is 14.6 Å². The zero-order chi connectivity index (χ0) is 13.7. The molecule has 0 saturated heterocycles. The molecule has 0 spiro atoms. The zero-order valence-electron chi connectivity index (χ0n) is 11.1. The predicted octanol–water partition coefficient (Wildman–Crippen LogP) is 3.20. The quantitative estimate of drug-likeness (QED) is 0.826.